The summed E-state index contributed by atoms with van der Waals surface area (Å²) in [4.78, 5) is 26.3. The highest BCUT2D eigenvalue weighted by atomic mass is 16.2. The molecule has 1 fully saturated rings. The Bertz CT molecular complexity index is 406. The smallest absolute Gasteiger partial charge is 0.243 e. The molecule has 1 saturated heterocycles. The molecule has 21 heavy (non-hydrogen) atoms. The van der Waals surface area contributed by atoms with Gasteiger partial charge in [-0.15, -0.1) is 0 Å². The van der Waals surface area contributed by atoms with Crippen LogP contribution in [0.15, 0.2) is 11.6 Å². The predicted molar refractivity (Wildman–Crippen MR) is 82.8 cm³/mol. The van der Waals surface area contributed by atoms with E-state index in [2.05, 4.69) is 16.7 Å². The van der Waals surface area contributed by atoms with Crippen LogP contribution in [-0.4, -0.2) is 48.9 Å². The summed E-state index contributed by atoms with van der Waals surface area (Å²) in [6.45, 7) is 5.21. The normalized spacial score (nSPS) is 22.6. The molecule has 2 N–H and O–H groups in total. The second-order valence-electron chi connectivity index (χ2n) is 5.88. The first-order valence-electron chi connectivity index (χ1n) is 8.18. The van der Waals surface area contributed by atoms with Gasteiger partial charge in [-0.05, 0) is 38.6 Å². The number of rotatable bonds is 5. The lowest BCUT2D eigenvalue weighted by Gasteiger charge is -2.35. The van der Waals surface area contributed by atoms with Crippen molar-refractivity contribution in [3.63, 3.8) is 0 Å². The van der Waals surface area contributed by atoms with Crippen molar-refractivity contribution in [3.8, 4) is 0 Å². The summed E-state index contributed by atoms with van der Waals surface area (Å²) in [6, 6.07) is -0.264. The molecule has 0 aromatic carbocycles. The Kier molecular flexibility index (Phi) is 6.23. The van der Waals surface area contributed by atoms with Gasteiger partial charge in [0.1, 0.15) is 6.04 Å². The Morgan fingerprint density at radius 2 is 2.29 bits per heavy atom. The van der Waals surface area contributed by atoms with Crippen LogP contribution in [0.5, 0.6) is 0 Å². The maximum absolute atomic E-state index is 12.4. The number of carbonyl (C=O) groups excluding carboxylic acids is 2. The van der Waals surface area contributed by atoms with Gasteiger partial charge >= 0.3 is 0 Å². The van der Waals surface area contributed by atoms with Gasteiger partial charge in [-0.2, -0.15) is 0 Å². The lowest BCUT2D eigenvalue weighted by atomic mass is 10.0. The van der Waals surface area contributed by atoms with Crippen LogP contribution < -0.4 is 10.6 Å². The second-order valence-corrected chi connectivity index (χ2v) is 5.88. The van der Waals surface area contributed by atoms with Crippen LogP contribution in [0.2, 0.25) is 0 Å². The maximum atomic E-state index is 12.4. The molecule has 0 bridgehead atoms. The molecule has 0 aromatic heterocycles. The summed E-state index contributed by atoms with van der Waals surface area (Å²) >= 11 is 0. The minimum Gasteiger partial charge on any atom is -0.351 e. The van der Waals surface area contributed by atoms with Crippen molar-refractivity contribution in [2.24, 2.45) is 0 Å². The maximum Gasteiger partial charge on any atom is 0.243 e. The van der Waals surface area contributed by atoms with Crippen LogP contribution >= 0.6 is 0 Å². The molecule has 0 spiro atoms. The summed E-state index contributed by atoms with van der Waals surface area (Å²) in [7, 11) is 0. The van der Waals surface area contributed by atoms with Crippen molar-refractivity contribution in [2.75, 3.05) is 26.2 Å². The van der Waals surface area contributed by atoms with E-state index in [1.54, 1.807) is 4.90 Å². The minimum absolute atomic E-state index is 0.0126. The Hall–Kier alpha value is -1.36. The molecule has 0 aliphatic carbocycles. The van der Waals surface area contributed by atoms with Crippen molar-refractivity contribution in [1.29, 1.82) is 0 Å². The number of piperidine rings is 1. The summed E-state index contributed by atoms with van der Waals surface area (Å²) < 4.78 is 0. The van der Waals surface area contributed by atoms with Crippen LogP contribution in [0.3, 0.4) is 0 Å². The third kappa shape index (κ3) is 4.56. The summed E-state index contributed by atoms with van der Waals surface area (Å²) in [5.74, 6) is 0.136. The summed E-state index contributed by atoms with van der Waals surface area (Å²) in [6.07, 6.45) is 7.34. The van der Waals surface area contributed by atoms with E-state index in [4.69, 9.17) is 0 Å². The van der Waals surface area contributed by atoms with E-state index in [1.165, 1.54) is 5.57 Å². The van der Waals surface area contributed by atoms with Gasteiger partial charge in [-0.25, -0.2) is 0 Å². The topological polar surface area (TPSA) is 61.4 Å². The van der Waals surface area contributed by atoms with Crippen LogP contribution in [0.1, 0.15) is 45.4 Å². The van der Waals surface area contributed by atoms with E-state index in [1.807, 2.05) is 6.92 Å². The third-order valence-electron chi connectivity index (χ3n) is 4.24. The van der Waals surface area contributed by atoms with Gasteiger partial charge < -0.3 is 15.5 Å². The molecule has 1 unspecified atom stereocenters. The molecule has 1 atom stereocenters. The molecule has 0 radical (unpaired) electrons. The van der Waals surface area contributed by atoms with E-state index in [9.17, 15) is 9.59 Å². The Labute approximate surface area is 127 Å². The van der Waals surface area contributed by atoms with Gasteiger partial charge in [-0.3, -0.25) is 9.59 Å². The van der Waals surface area contributed by atoms with Crippen molar-refractivity contribution >= 4 is 11.8 Å². The fourth-order valence-corrected chi connectivity index (χ4v) is 3.01. The molecule has 118 valence electrons. The van der Waals surface area contributed by atoms with Gasteiger partial charge in [0, 0.05) is 26.1 Å². The summed E-state index contributed by atoms with van der Waals surface area (Å²) in [5.41, 5.74) is 1.28. The molecule has 2 aliphatic heterocycles. The first kappa shape index (κ1) is 16.0. The van der Waals surface area contributed by atoms with Gasteiger partial charge in [0.15, 0.2) is 0 Å². The van der Waals surface area contributed by atoms with Crippen molar-refractivity contribution in [2.45, 2.75) is 51.5 Å². The largest absolute Gasteiger partial charge is 0.351 e. The number of nitrogens with one attached hydrogen (secondary N) is 2. The molecule has 5 nitrogen and oxygen atoms in total. The van der Waals surface area contributed by atoms with Crippen LogP contribution in [0, 0.1) is 0 Å². The Balaban J connectivity index is 1.88. The van der Waals surface area contributed by atoms with Gasteiger partial charge in [0.05, 0.1) is 0 Å². The highest BCUT2D eigenvalue weighted by molar-refractivity contribution is 5.88. The minimum atomic E-state index is -0.264. The molecule has 5 heteroatoms. The zero-order chi connectivity index (χ0) is 15.1. The number of amides is 2. The Morgan fingerprint density at radius 3 is 3.00 bits per heavy atom. The molecule has 0 aromatic rings. The average molecular weight is 293 g/mol. The third-order valence-corrected chi connectivity index (χ3v) is 4.24. The first-order valence-corrected chi connectivity index (χ1v) is 8.18. The van der Waals surface area contributed by atoms with Crippen molar-refractivity contribution in [1.82, 2.24) is 15.5 Å². The number of hydrogen-bond acceptors (Lipinski definition) is 3. The zero-order valence-electron chi connectivity index (χ0n) is 13.0. The van der Waals surface area contributed by atoms with Gasteiger partial charge in [-0.1, -0.05) is 18.6 Å². The fraction of sp³-hybridized carbons (Fsp3) is 0.750. The molecule has 2 rings (SSSR count). The molecular weight excluding hydrogens is 266 g/mol. The van der Waals surface area contributed by atoms with Gasteiger partial charge in [0.25, 0.3) is 0 Å². The molecule has 0 saturated carbocycles. The summed E-state index contributed by atoms with van der Waals surface area (Å²) in [5, 5.41) is 6.28. The quantitative estimate of drug-likeness (QED) is 0.749. The van der Waals surface area contributed by atoms with Crippen molar-refractivity contribution < 1.29 is 9.59 Å². The van der Waals surface area contributed by atoms with E-state index in [0.29, 0.717) is 13.0 Å². The van der Waals surface area contributed by atoms with E-state index in [0.717, 1.165) is 51.7 Å². The number of likely N-dealkylation sites (tertiary alicyclic amines) is 1. The standard InChI is InChI=1S/C16H27N3O2/c1-2-5-15(20)19-11-4-3-6-14(19)16(21)18-12-13-7-9-17-10-8-13/h7,14,17H,2-6,8-12H2,1H3,(H,18,21). The second kappa shape index (κ2) is 8.17. The predicted octanol–water partition coefficient (Wildman–Crippen LogP) is 1.20. The number of nitrogens with zero attached hydrogens (tertiary/aromatic N) is 1. The average Bonchev–Trinajstić information content (AvgIpc) is 2.54. The zero-order valence-corrected chi connectivity index (χ0v) is 13.0. The lowest BCUT2D eigenvalue weighted by Crippen LogP contribution is -2.52. The van der Waals surface area contributed by atoms with Crippen LogP contribution in [-0.2, 0) is 9.59 Å². The highest BCUT2D eigenvalue weighted by Crippen LogP contribution is 2.18. The lowest BCUT2D eigenvalue weighted by molar-refractivity contribution is -0.142. The van der Waals surface area contributed by atoms with E-state index < -0.39 is 0 Å². The monoisotopic (exact) mass is 293 g/mol. The number of hydrogen-bond donors (Lipinski definition) is 2. The number of carbonyl (C=O) groups is 2. The molecular formula is C16H27N3O2. The van der Waals surface area contributed by atoms with Crippen molar-refractivity contribution in [3.05, 3.63) is 11.6 Å². The van der Waals surface area contributed by atoms with Gasteiger partial charge in [0.2, 0.25) is 11.8 Å². The SMILES string of the molecule is CCCC(=O)N1CCCCC1C(=O)NCC1=CCNCC1. The molecule has 2 heterocycles. The Morgan fingerprint density at radius 1 is 1.43 bits per heavy atom. The van der Waals surface area contributed by atoms with E-state index >= 15 is 0 Å². The van der Waals surface area contributed by atoms with Crippen LogP contribution in [0.4, 0.5) is 0 Å². The van der Waals surface area contributed by atoms with E-state index in [-0.39, 0.29) is 17.9 Å². The highest BCUT2D eigenvalue weighted by Gasteiger charge is 2.31. The molecule has 2 amide bonds. The fourth-order valence-electron chi connectivity index (χ4n) is 3.01. The first-order chi connectivity index (χ1) is 10.2. The molecule has 2 aliphatic rings. The van der Waals surface area contributed by atoms with Crippen LogP contribution in [0.25, 0.3) is 0 Å².